The molecule has 0 atom stereocenters. The monoisotopic (exact) mass is 407 g/mol. The van der Waals surface area contributed by atoms with Crippen LogP contribution in [0.15, 0.2) is 29.6 Å². The number of nitrogens with zero attached hydrogens (tertiary/aromatic N) is 3. The number of benzene rings is 1. The molecule has 0 aliphatic carbocycles. The Kier molecular flexibility index (Phi) is 4.91. The second-order valence-corrected chi connectivity index (χ2v) is 6.63. The fraction of sp³-hybridized carbons (Fsp3) is 0.200. The van der Waals surface area contributed by atoms with Crippen LogP contribution in [-0.2, 0) is 9.59 Å². The third kappa shape index (κ3) is 3.62. The highest BCUT2D eigenvalue weighted by molar-refractivity contribution is 9.09. The average Bonchev–Trinajstić information content (AvgIpc) is 3.07. The minimum Gasteiger partial charge on any atom is -0.326 e. The number of fused-ring (bicyclic) bond motifs is 1. The summed E-state index contributed by atoms with van der Waals surface area (Å²) in [6.07, 6.45) is 0.365. The Hall–Kier alpha value is -2.26. The molecule has 0 fully saturated rings. The Morgan fingerprint density at radius 1 is 1.25 bits per heavy atom. The molecule has 2 aromatic heterocycles. The number of thiazole rings is 1. The normalized spacial score (nSPS) is 10.8. The lowest BCUT2D eigenvalue weighted by molar-refractivity contribution is -0.116. The van der Waals surface area contributed by atoms with E-state index in [1.54, 1.807) is 4.52 Å². The largest absolute Gasteiger partial charge is 0.326 e. The molecule has 7 nitrogen and oxygen atoms in total. The first-order chi connectivity index (χ1) is 11.6. The number of halogens is 1. The summed E-state index contributed by atoms with van der Waals surface area (Å²) in [5.74, 6) is 0.0519. The summed E-state index contributed by atoms with van der Waals surface area (Å²) in [6.45, 7) is 1.47. The molecule has 0 aliphatic heterocycles. The van der Waals surface area contributed by atoms with Gasteiger partial charge in [-0.2, -0.15) is 4.98 Å². The molecule has 2 amide bonds. The maximum Gasteiger partial charge on any atom is 0.250 e. The zero-order valence-corrected chi connectivity index (χ0v) is 15.1. The number of carbonyl (C=O) groups excluding carboxylic acids is 2. The van der Waals surface area contributed by atoms with E-state index >= 15 is 0 Å². The van der Waals surface area contributed by atoms with E-state index in [4.69, 9.17) is 0 Å². The van der Waals surface area contributed by atoms with Gasteiger partial charge in [0.05, 0.1) is 5.69 Å². The van der Waals surface area contributed by atoms with E-state index in [2.05, 4.69) is 36.6 Å². The SMILES string of the molecule is CC(=O)Nc1ccc(-c2csc3nc(NC(=O)CCBr)nn23)cc1. The van der Waals surface area contributed by atoms with Gasteiger partial charge in [-0.05, 0) is 12.1 Å². The highest BCUT2D eigenvalue weighted by Gasteiger charge is 2.13. The zero-order valence-electron chi connectivity index (χ0n) is 12.7. The second-order valence-electron chi connectivity index (χ2n) is 5.00. The Bertz CT molecular complexity index is 887. The Morgan fingerprint density at radius 3 is 2.67 bits per heavy atom. The number of hydrogen-bond donors (Lipinski definition) is 2. The van der Waals surface area contributed by atoms with E-state index < -0.39 is 0 Å². The van der Waals surface area contributed by atoms with Crippen LogP contribution in [0.5, 0.6) is 0 Å². The summed E-state index contributed by atoms with van der Waals surface area (Å²) in [5.41, 5.74) is 2.55. The van der Waals surface area contributed by atoms with E-state index in [1.165, 1.54) is 18.3 Å². The van der Waals surface area contributed by atoms with Crippen molar-refractivity contribution in [2.24, 2.45) is 0 Å². The van der Waals surface area contributed by atoms with Crippen LogP contribution in [0.2, 0.25) is 0 Å². The first-order valence-electron chi connectivity index (χ1n) is 7.15. The van der Waals surface area contributed by atoms with Crippen LogP contribution in [0.4, 0.5) is 11.6 Å². The lowest BCUT2D eigenvalue weighted by Crippen LogP contribution is -2.12. The molecule has 0 bridgehead atoms. The van der Waals surface area contributed by atoms with Gasteiger partial charge in [-0.15, -0.1) is 16.4 Å². The molecule has 3 aromatic rings. The van der Waals surface area contributed by atoms with Crippen LogP contribution in [0.25, 0.3) is 16.2 Å². The molecule has 124 valence electrons. The molecule has 1 aromatic carbocycles. The van der Waals surface area contributed by atoms with Gasteiger partial charge >= 0.3 is 0 Å². The van der Waals surface area contributed by atoms with Crippen molar-refractivity contribution >= 4 is 55.7 Å². The minimum absolute atomic E-state index is 0.110. The van der Waals surface area contributed by atoms with Gasteiger partial charge in [-0.1, -0.05) is 28.1 Å². The van der Waals surface area contributed by atoms with E-state index in [9.17, 15) is 9.59 Å². The topological polar surface area (TPSA) is 88.4 Å². The Labute approximate surface area is 150 Å². The summed E-state index contributed by atoms with van der Waals surface area (Å²) in [6, 6.07) is 7.46. The number of alkyl halides is 1. The number of amides is 2. The van der Waals surface area contributed by atoms with Gasteiger partial charge in [0.15, 0.2) is 0 Å². The average molecular weight is 408 g/mol. The standard InChI is InChI=1S/C15H14BrN5O2S/c1-9(22)17-11-4-2-10(3-5-11)12-8-24-15-19-14(20-21(12)15)18-13(23)6-7-16/h2-5,8H,6-7H2,1H3,(H,17,22)(H,18,20,23). The number of anilines is 2. The van der Waals surface area contributed by atoms with Gasteiger partial charge in [-0.25, -0.2) is 4.52 Å². The van der Waals surface area contributed by atoms with Crippen LogP contribution in [0.3, 0.4) is 0 Å². The minimum atomic E-state index is -0.133. The van der Waals surface area contributed by atoms with Crippen LogP contribution in [-0.4, -0.2) is 31.7 Å². The van der Waals surface area contributed by atoms with Crippen LogP contribution in [0.1, 0.15) is 13.3 Å². The van der Waals surface area contributed by atoms with E-state index in [-0.39, 0.29) is 11.8 Å². The molecule has 0 saturated heterocycles. The molecule has 2 heterocycles. The van der Waals surface area contributed by atoms with E-state index in [0.29, 0.717) is 22.7 Å². The van der Waals surface area contributed by atoms with E-state index in [1.807, 2.05) is 29.6 Å². The fourth-order valence-corrected chi connectivity index (χ4v) is 3.32. The van der Waals surface area contributed by atoms with Crippen molar-refractivity contribution in [3.8, 4) is 11.3 Å². The Morgan fingerprint density at radius 2 is 2.00 bits per heavy atom. The molecular formula is C15H14BrN5O2S. The van der Waals surface area contributed by atoms with Crippen molar-refractivity contribution in [3.05, 3.63) is 29.6 Å². The van der Waals surface area contributed by atoms with Crippen molar-refractivity contribution in [1.29, 1.82) is 0 Å². The molecule has 0 spiro atoms. The summed E-state index contributed by atoms with van der Waals surface area (Å²) < 4.78 is 1.70. The summed E-state index contributed by atoms with van der Waals surface area (Å²) in [7, 11) is 0. The van der Waals surface area contributed by atoms with Crippen LogP contribution < -0.4 is 10.6 Å². The highest BCUT2D eigenvalue weighted by atomic mass is 79.9. The molecule has 0 unspecified atom stereocenters. The third-order valence-corrected chi connectivity index (χ3v) is 4.37. The van der Waals surface area contributed by atoms with Crippen molar-refractivity contribution in [1.82, 2.24) is 14.6 Å². The second kappa shape index (κ2) is 7.10. The molecule has 0 radical (unpaired) electrons. The van der Waals surface area contributed by atoms with Gasteiger partial charge in [0, 0.05) is 35.3 Å². The quantitative estimate of drug-likeness (QED) is 0.635. The maximum atomic E-state index is 11.6. The van der Waals surface area contributed by atoms with Gasteiger partial charge in [0.2, 0.25) is 22.7 Å². The van der Waals surface area contributed by atoms with Gasteiger partial charge < -0.3 is 5.32 Å². The third-order valence-electron chi connectivity index (χ3n) is 3.16. The van der Waals surface area contributed by atoms with Crippen LogP contribution in [0, 0.1) is 0 Å². The van der Waals surface area contributed by atoms with E-state index in [0.717, 1.165) is 16.9 Å². The zero-order chi connectivity index (χ0) is 17.1. The fourth-order valence-electron chi connectivity index (χ4n) is 2.13. The summed E-state index contributed by atoms with van der Waals surface area (Å²) in [5, 5.41) is 12.3. The summed E-state index contributed by atoms with van der Waals surface area (Å²) >= 11 is 4.67. The molecule has 0 saturated carbocycles. The summed E-state index contributed by atoms with van der Waals surface area (Å²) in [4.78, 5) is 27.7. The van der Waals surface area contributed by atoms with Gasteiger partial charge in [0.1, 0.15) is 0 Å². The predicted molar refractivity (Wildman–Crippen MR) is 97.6 cm³/mol. The lowest BCUT2D eigenvalue weighted by atomic mass is 10.1. The molecular weight excluding hydrogens is 394 g/mol. The van der Waals surface area contributed by atoms with Crippen molar-refractivity contribution < 1.29 is 9.59 Å². The molecule has 0 aliphatic rings. The van der Waals surface area contributed by atoms with Crippen LogP contribution >= 0.6 is 27.3 Å². The van der Waals surface area contributed by atoms with Gasteiger partial charge in [-0.3, -0.25) is 14.9 Å². The number of carbonyl (C=O) groups is 2. The predicted octanol–water partition coefficient (Wildman–Crippen LogP) is 3.14. The maximum absolute atomic E-state index is 11.6. The van der Waals surface area contributed by atoms with Gasteiger partial charge in [0.25, 0.3) is 0 Å². The number of aromatic nitrogens is 3. The first-order valence-corrected chi connectivity index (χ1v) is 9.15. The van der Waals surface area contributed by atoms with Crippen molar-refractivity contribution in [2.45, 2.75) is 13.3 Å². The molecule has 2 N–H and O–H groups in total. The first kappa shape index (κ1) is 16.6. The highest BCUT2D eigenvalue weighted by Crippen LogP contribution is 2.27. The number of hydrogen-bond acceptors (Lipinski definition) is 5. The number of rotatable bonds is 5. The molecule has 24 heavy (non-hydrogen) atoms. The Balaban J connectivity index is 1.85. The van der Waals surface area contributed by atoms with Crippen molar-refractivity contribution in [2.75, 3.05) is 16.0 Å². The number of nitrogens with one attached hydrogen (secondary N) is 2. The molecule has 9 heteroatoms. The smallest absolute Gasteiger partial charge is 0.250 e. The molecule has 3 rings (SSSR count). The van der Waals surface area contributed by atoms with Crippen molar-refractivity contribution in [3.63, 3.8) is 0 Å². The lowest BCUT2D eigenvalue weighted by Gasteiger charge is -2.03.